The maximum absolute atomic E-state index is 8.63. The average Bonchev–Trinajstić information content (AvgIpc) is 2.81. The van der Waals surface area contributed by atoms with E-state index in [4.69, 9.17) is 17.5 Å². The molecule has 0 saturated heterocycles. The van der Waals surface area contributed by atoms with Crippen molar-refractivity contribution in [3.8, 4) is 0 Å². The van der Waals surface area contributed by atoms with Crippen molar-refractivity contribution in [1.82, 2.24) is 4.90 Å². The maximum atomic E-state index is 8.63. The molecule has 0 radical (unpaired) electrons. The highest BCUT2D eigenvalue weighted by Crippen LogP contribution is 2.18. The Balaban J connectivity index is 0.000000841. The first-order valence-electron chi connectivity index (χ1n) is 8.66. The van der Waals surface area contributed by atoms with Crippen molar-refractivity contribution in [3.63, 3.8) is 0 Å². The molecule has 1 unspecified atom stereocenters. The number of unbranched alkanes of at least 4 members (excludes halogenated alkanes) is 6. The molecule has 0 aromatic heterocycles. The summed E-state index contributed by atoms with van der Waals surface area (Å²) in [5, 5.41) is 0. The minimum absolute atomic E-state index is 1.12. The zero-order chi connectivity index (χ0) is 17.8. The zero-order valence-corrected chi connectivity index (χ0v) is 15.7. The summed E-state index contributed by atoms with van der Waals surface area (Å²) in [7, 11) is -2.55. The van der Waals surface area contributed by atoms with Crippen LogP contribution in [0.1, 0.15) is 65.2 Å². The van der Waals surface area contributed by atoms with E-state index in [9.17, 15) is 0 Å². The number of hydrogen-bond donors (Lipinski definition) is 1. The Labute approximate surface area is 142 Å². The van der Waals surface area contributed by atoms with E-state index in [0.29, 0.717) is 0 Å². The molecule has 1 aliphatic heterocycles. The van der Waals surface area contributed by atoms with Crippen LogP contribution < -0.4 is 0 Å². The number of quaternary nitrogens is 1. The van der Waals surface area contributed by atoms with Gasteiger partial charge >= 0.3 is 0 Å². The molecule has 0 aliphatic carbocycles. The normalized spacial score (nSPS) is 20.5. The molecule has 1 heterocycles. The molecule has 0 aromatic carbocycles. The highest BCUT2D eigenvalue weighted by atomic mass is 32.3. The summed E-state index contributed by atoms with van der Waals surface area (Å²) in [5.74, 6) is 0. The highest BCUT2D eigenvalue weighted by Gasteiger charge is 2.26. The van der Waals surface area contributed by atoms with Gasteiger partial charge in [-0.2, -0.15) is 0 Å². The lowest BCUT2D eigenvalue weighted by molar-refractivity contribution is -0.861. The minimum Gasteiger partial charge on any atom is -0.726 e. The Morgan fingerprint density at radius 2 is 1.61 bits per heavy atom. The average molecular weight is 351 g/mol. The standard InChI is InChI=1S/C16H33N2.H2O4S/c1-4-6-8-9-10-11-14-18(3)15-13-17(16-18)12-7-5-2;1-5(2,3)4/h13,15H,4-12,14,16H2,1-3H3;(H2,1,2,3,4)/q+1;/p-1. The quantitative estimate of drug-likeness (QED) is 0.283. The lowest BCUT2D eigenvalue weighted by atomic mass is 10.1. The minimum atomic E-state index is -4.92. The first-order valence-corrected chi connectivity index (χ1v) is 10.0. The lowest BCUT2D eigenvalue weighted by Crippen LogP contribution is -2.41. The van der Waals surface area contributed by atoms with Gasteiger partial charge in [-0.15, -0.1) is 0 Å². The lowest BCUT2D eigenvalue weighted by Gasteiger charge is -2.28. The fraction of sp³-hybridized carbons (Fsp3) is 0.875. The van der Waals surface area contributed by atoms with Crippen molar-refractivity contribution in [1.29, 1.82) is 0 Å². The van der Waals surface area contributed by atoms with E-state index in [1.54, 1.807) is 0 Å². The summed E-state index contributed by atoms with van der Waals surface area (Å²) in [6, 6.07) is 0. The summed E-state index contributed by atoms with van der Waals surface area (Å²) in [6.45, 7) is 8.29. The Morgan fingerprint density at radius 1 is 1.09 bits per heavy atom. The van der Waals surface area contributed by atoms with E-state index in [-0.39, 0.29) is 0 Å². The molecule has 23 heavy (non-hydrogen) atoms. The Bertz CT molecular complexity index is 418. The SMILES string of the molecule is CCCCCCCC[N+]1(C)C=CN(CCCC)C1.O=S(=O)([O-])O. The third-order valence-corrected chi connectivity index (χ3v) is 3.96. The van der Waals surface area contributed by atoms with Crippen LogP contribution in [0.3, 0.4) is 0 Å². The summed E-state index contributed by atoms with van der Waals surface area (Å²) in [4.78, 5) is 2.49. The van der Waals surface area contributed by atoms with Crippen molar-refractivity contribution in [3.05, 3.63) is 12.4 Å². The molecule has 1 atom stereocenters. The molecule has 0 spiro atoms. The van der Waals surface area contributed by atoms with Gasteiger partial charge < -0.3 is 9.45 Å². The summed E-state index contributed by atoms with van der Waals surface area (Å²) < 4.78 is 34.0. The maximum Gasteiger partial charge on any atom is 0.215 e. The Morgan fingerprint density at radius 3 is 2.17 bits per heavy atom. The van der Waals surface area contributed by atoms with E-state index in [1.165, 1.54) is 71.1 Å². The monoisotopic (exact) mass is 350 g/mol. The van der Waals surface area contributed by atoms with Gasteiger partial charge in [0.2, 0.25) is 10.4 Å². The number of rotatable bonds is 10. The number of hydrogen-bond acceptors (Lipinski definition) is 4. The fourth-order valence-corrected chi connectivity index (χ4v) is 2.67. The third-order valence-electron chi connectivity index (χ3n) is 3.96. The van der Waals surface area contributed by atoms with Crippen LogP contribution in [0.15, 0.2) is 12.4 Å². The van der Waals surface area contributed by atoms with E-state index in [1.807, 2.05) is 0 Å². The van der Waals surface area contributed by atoms with Crippen LogP contribution in [0.2, 0.25) is 0 Å². The van der Waals surface area contributed by atoms with Crippen molar-refractivity contribution < 1.29 is 22.0 Å². The van der Waals surface area contributed by atoms with Crippen molar-refractivity contribution in [2.24, 2.45) is 0 Å². The molecule has 0 aromatic rings. The van der Waals surface area contributed by atoms with Gasteiger partial charge in [-0.1, -0.05) is 46.0 Å². The number of nitrogens with zero attached hydrogens (tertiary/aromatic N) is 2. The molecule has 1 aliphatic rings. The van der Waals surface area contributed by atoms with Crippen molar-refractivity contribution in [2.45, 2.75) is 65.2 Å². The van der Waals surface area contributed by atoms with Crippen molar-refractivity contribution >= 4 is 10.4 Å². The van der Waals surface area contributed by atoms with Crippen LogP contribution in [-0.4, -0.2) is 53.7 Å². The molecule has 0 bridgehead atoms. The summed E-state index contributed by atoms with van der Waals surface area (Å²) in [5.41, 5.74) is 0. The summed E-state index contributed by atoms with van der Waals surface area (Å²) in [6.07, 6.45) is 15.7. The van der Waals surface area contributed by atoms with E-state index in [0.717, 1.165) is 4.48 Å². The second-order valence-corrected chi connectivity index (χ2v) is 7.36. The van der Waals surface area contributed by atoms with Crippen LogP contribution >= 0.6 is 0 Å². The van der Waals surface area contributed by atoms with Crippen molar-refractivity contribution in [2.75, 3.05) is 26.8 Å². The topological polar surface area (TPSA) is 80.7 Å². The molecule has 0 fully saturated rings. The van der Waals surface area contributed by atoms with Gasteiger partial charge in [-0.05, 0) is 19.3 Å². The highest BCUT2D eigenvalue weighted by molar-refractivity contribution is 7.79. The Hall–Kier alpha value is -0.630. The molecule has 1 N–H and O–H groups in total. The molecular formula is C16H34N2O4S. The molecule has 0 amide bonds. The molecule has 7 heteroatoms. The van der Waals surface area contributed by atoms with Crippen LogP contribution in [0.4, 0.5) is 0 Å². The second kappa shape index (κ2) is 11.8. The predicted molar refractivity (Wildman–Crippen MR) is 92.4 cm³/mol. The molecule has 138 valence electrons. The van der Waals surface area contributed by atoms with Crippen LogP contribution in [0, 0.1) is 0 Å². The first kappa shape index (κ1) is 22.4. The van der Waals surface area contributed by atoms with Gasteiger partial charge in [-0.3, -0.25) is 9.04 Å². The first-order chi connectivity index (χ1) is 10.7. The van der Waals surface area contributed by atoms with E-state index < -0.39 is 10.4 Å². The van der Waals surface area contributed by atoms with Gasteiger partial charge in [0.1, 0.15) is 6.20 Å². The van der Waals surface area contributed by atoms with Gasteiger partial charge in [0, 0.05) is 6.54 Å². The fourth-order valence-electron chi connectivity index (χ4n) is 2.67. The third kappa shape index (κ3) is 14.7. The molecule has 1 rings (SSSR count). The Kier molecular flexibility index (Phi) is 11.5. The molecular weight excluding hydrogens is 316 g/mol. The van der Waals surface area contributed by atoms with Crippen LogP contribution in [0.5, 0.6) is 0 Å². The molecule has 6 nitrogen and oxygen atoms in total. The largest absolute Gasteiger partial charge is 0.726 e. The van der Waals surface area contributed by atoms with Gasteiger partial charge in [-0.25, -0.2) is 8.42 Å². The van der Waals surface area contributed by atoms with Gasteiger partial charge in [0.25, 0.3) is 0 Å². The van der Waals surface area contributed by atoms with Gasteiger partial charge in [0.15, 0.2) is 6.67 Å². The smallest absolute Gasteiger partial charge is 0.215 e. The van der Waals surface area contributed by atoms with E-state index in [2.05, 4.69) is 38.2 Å². The molecule has 0 saturated carbocycles. The summed E-state index contributed by atoms with van der Waals surface area (Å²) >= 11 is 0. The van der Waals surface area contributed by atoms with Crippen LogP contribution in [-0.2, 0) is 10.4 Å². The van der Waals surface area contributed by atoms with Gasteiger partial charge in [0.05, 0.1) is 19.8 Å². The van der Waals surface area contributed by atoms with E-state index >= 15 is 0 Å². The zero-order valence-electron chi connectivity index (χ0n) is 14.9. The van der Waals surface area contributed by atoms with Crippen LogP contribution in [0.25, 0.3) is 0 Å². The second-order valence-electron chi connectivity index (χ2n) is 6.50. The predicted octanol–water partition coefficient (Wildman–Crippen LogP) is 3.34.